The Labute approximate surface area is 132 Å². The summed E-state index contributed by atoms with van der Waals surface area (Å²) in [6, 6.07) is 1.71. The van der Waals surface area contributed by atoms with E-state index in [4.69, 9.17) is 0 Å². The Bertz CT molecular complexity index is 336. The molecule has 3 atom stereocenters. The molecule has 3 unspecified atom stereocenters. The van der Waals surface area contributed by atoms with Crippen LogP contribution in [-0.4, -0.2) is 36.6 Å². The maximum Gasteiger partial charge on any atom is 0.0119 e. The highest BCUT2D eigenvalue weighted by molar-refractivity contribution is 4.95. The van der Waals surface area contributed by atoms with Gasteiger partial charge in [-0.15, -0.1) is 0 Å². The van der Waals surface area contributed by atoms with Crippen molar-refractivity contribution < 1.29 is 0 Å². The van der Waals surface area contributed by atoms with Gasteiger partial charge in [0.1, 0.15) is 0 Å². The lowest BCUT2D eigenvalue weighted by Crippen LogP contribution is -2.49. The average molecular weight is 293 g/mol. The number of likely N-dealkylation sites (tertiary alicyclic amines) is 1. The Balaban J connectivity index is 1.65. The minimum Gasteiger partial charge on any atom is -0.313 e. The van der Waals surface area contributed by atoms with Gasteiger partial charge in [0, 0.05) is 25.2 Å². The molecule has 21 heavy (non-hydrogen) atoms. The second-order valence-electron chi connectivity index (χ2n) is 8.78. The van der Waals surface area contributed by atoms with Crippen molar-refractivity contribution in [3.63, 3.8) is 0 Å². The number of nitrogens with zero attached hydrogens (tertiary/aromatic N) is 1. The number of hydrogen-bond acceptors (Lipinski definition) is 2. The second kappa shape index (κ2) is 6.58. The molecule has 1 heterocycles. The van der Waals surface area contributed by atoms with Gasteiger partial charge in [-0.3, -0.25) is 4.90 Å². The van der Waals surface area contributed by atoms with Gasteiger partial charge < -0.3 is 5.32 Å². The molecule has 3 fully saturated rings. The SMILES string of the molecule is CC1CCCC(CNC2CC2)(CN2CCCC2C(C)C)C1. The van der Waals surface area contributed by atoms with Crippen LogP contribution in [0.15, 0.2) is 0 Å². The number of rotatable bonds is 6. The first-order valence-corrected chi connectivity index (χ1v) is 9.55. The molecule has 1 saturated heterocycles. The molecule has 0 amide bonds. The van der Waals surface area contributed by atoms with Crippen molar-refractivity contribution in [1.82, 2.24) is 10.2 Å². The van der Waals surface area contributed by atoms with Crippen molar-refractivity contribution in [2.24, 2.45) is 17.3 Å². The van der Waals surface area contributed by atoms with E-state index in [2.05, 4.69) is 31.0 Å². The van der Waals surface area contributed by atoms with E-state index in [0.29, 0.717) is 5.41 Å². The van der Waals surface area contributed by atoms with Crippen molar-refractivity contribution in [1.29, 1.82) is 0 Å². The van der Waals surface area contributed by atoms with Crippen LogP contribution in [0.1, 0.15) is 72.1 Å². The molecule has 3 rings (SSSR count). The minimum absolute atomic E-state index is 0.567. The minimum atomic E-state index is 0.567. The Morgan fingerprint density at radius 3 is 2.62 bits per heavy atom. The van der Waals surface area contributed by atoms with Gasteiger partial charge in [-0.25, -0.2) is 0 Å². The fraction of sp³-hybridized carbons (Fsp3) is 1.00. The normalized spacial score (nSPS) is 38.3. The molecule has 0 radical (unpaired) electrons. The van der Waals surface area contributed by atoms with E-state index < -0.39 is 0 Å². The molecule has 3 aliphatic rings. The lowest BCUT2D eigenvalue weighted by atomic mass is 9.69. The molecule has 0 aromatic carbocycles. The molecule has 0 aromatic heterocycles. The van der Waals surface area contributed by atoms with Gasteiger partial charge in [0.05, 0.1) is 0 Å². The van der Waals surface area contributed by atoms with Crippen molar-refractivity contribution in [2.45, 2.75) is 84.2 Å². The topological polar surface area (TPSA) is 15.3 Å². The molecule has 2 nitrogen and oxygen atoms in total. The average Bonchev–Trinajstić information content (AvgIpc) is 3.15. The molecule has 2 aliphatic carbocycles. The zero-order chi connectivity index (χ0) is 14.9. The van der Waals surface area contributed by atoms with Crippen LogP contribution >= 0.6 is 0 Å². The third-order valence-corrected chi connectivity index (χ3v) is 6.25. The first kappa shape index (κ1) is 15.8. The van der Waals surface area contributed by atoms with E-state index >= 15 is 0 Å². The Hall–Kier alpha value is -0.0800. The lowest BCUT2D eigenvalue weighted by Gasteiger charge is -2.44. The van der Waals surface area contributed by atoms with Crippen LogP contribution in [0.4, 0.5) is 0 Å². The van der Waals surface area contributed by atoms with E-state index in [1.807, 2.05) is 0 Å². The molecule has 122 valence electrons. The lowest BCUT2D eigenvalue weighted by molar-refractivity contribution is 0.0637. The molecule has 0 bridgehead atoms. The molecule has 1 aliphatic heterocycles. The van der Waals surface area contributed by atoms with Gasteiger partial charge in [0.15, 0.2) is 0 Å². The van der Waals surface area contributed by atoms with Crippen LogP contribution < -0.4 is 5.32 Å². The summed E-state index contributed by atoms with van der Waals surface area (Å²) < 4.78 is 0. The summed E-state index contributed by atoms with van der Waals surface area (Å²) in [6.07, 6.45) is 11.5. The van der Waals surface area contributed by atoms with Crippen molar-refractivity contribution in [3.8, 4) is 0 Å². The molecule has 2 saturated carbocycles. The van der Waals surface area contributed by atoms with Gasteiger partial charge >= 0.3 is 0 Å². The molecular weight excluding hydrogens is 256 g/mol. The predicted octanol–water partition coefficient (Wildman–Crippen LogP) is 4.06. The maximum atomic E-state index is 3.88. The summed E-state index contributed by atoms with van der Waals surface area (Å²) in [5, 5.41) is 3.88. The van der Waals surface area contributed by atoms with Gasteiger partial charge in [0.2, 0.25) is 0 Å². The highest BCUT2D eigenvalue weighted by Crippen LogP contribution is 2.42. The van der Waals surface area contributed by atoms with Gasteiger partial charge in [0.25, 0.3) is 0 Å². The zero-order valence-corrected chi connectivity index (χ0v) is 14.5. The number of nitrogens with one attached hydrogen (secondary N) is 1. The van der Waals surface area contributed by atoms with Crippen molar-refractivity contribution >= 4 is 0 Å². The van der Waals surface area contributed by atoms with Crippen LogP contribution in [0.5, 0.6) is 0 Å². The summed E-state index contributed by atoms with van der Waals surface area (Å²) in [4.78, 5) is 2.86. The largest absolute Gasteiger partial charge is 0.313 e. The first-order valence-electron chi connectivity index (χ1n) is 9.55. The highest BCUT2D eigenvalue weighted by atomic mass is 15.2. The fourth-order valence-corrected chi connectivity index (χ4v) is 5.01. The smallest absolute Gasteiger partial charge is 0.0119 e. The standard InChI is InChI=1S/C19H36N2/c1-15(2)18-7-5-11-21(18)14-19(13-20-17-8-9-17)10-4-6-16(3)12-19/h15-18,20H,4-14H2,1-3H3. The maximum absolute atomic E-state index is 3.88. The number of hydrogen-bond donors (Lipinski definition) is 1. The van der Waals surface area contributed by atoms with Crippen LogP contribution in [0.2, 0.25) is 0 Å². The van der Waals surface area contributed by atoms with Gasteiger partial charge in [-0.1, -0.05) is 33.6 Å². The predicted molar refractivity (Wildman–Crippen MR) is 90.5 cm³/mol. The molecule has 2 heteroatoms. The molecule has 0 spiro atoms. The van der Waals surface area contributed by atoms with E-state index in [1.54, 1.807) is 0 Å². The Morgan fingerprint density at radius 1 is 1.14 bits per heavy atom. The van der Waals surface area contributed by atoms with E-state index in [1.165, 1.54) is 71.0 Å². The van der Waals surface area contributed by atoms with Crippen LogP contribution in [0.25, 0.3) is 0 Å². The zero-order valence-electron chi connectivity index (χ0n) is 14.5. The summed E-state index contributed by atoms with van der Waals surface area (Å²) in [5.41, 5.74) is 0.567. The summed E-state index contributed by atoms with van der Waals surface area (Å²) in [5.74, 6) is 1.75. The van der Waals surface area contributed by atoms with Crippen LogP contribution in [-0.2, 0) is 0 Å². The summed E-state index contributed by atoms with van der Waals surface area (Å²) >= 11 is 0. The van der Waals surface area contributed by atoms with Crippen LogP contribution in [0.3, 0.4) is 0 Å². The first-order chi connectivity index (χ1) is 10.1. The van der Waals surface area contributed by atoms with Crippen molar-refractivity contribution in [3.05, 3.63) is 0 Å². The van der Waals surface area contributed by atoms with Gasteiger partial charge in [-0.2, -0.15) is 0 Å². The monoisotopic (exact) mass is 292 g/mol. The Kier molecular flexibility index (Phi) is 4.95. The molecular formula is C19H36N2. The third kappa shape index (κ3) is 4.01. The summed E-state index contributed by atoms with van der Waals surface area (Å²) in [7, 11) is 0. The van der Waals surface area contributed by atoms with Crippen molar-refractivity contribution in [2.75, 3.05) is 19.6 Å². The molecule has 0 aromatic rings. The van der Waals surface area contributed by atoms with Gasteiger partial charge in [-0.05, 0) is 62.3 Å². The summed E-state index contributed by atoms with van der Waals surface area (Å²) in [6.45, 7) is 11.3. The molecule has 1 N–H and O–H groups in total. The van der Waals surface area contributed by atoms with Crippen LogP contribution in [0, 0.1) is 17.3 Å². The van der Waals surface area contributed by atoms with E-state index in [-0.39, 0.29) is 0 Å². The Morgan fingerprint density at radius 2 is 1.95 bits per heavy atom. The third-order valence-electron chi connectivity index (χ3n) is 6.25. The fourth-order valence-electron chi connectivity index (χ4n) is 5.01. The second-order valence-corrected chi connectivity index (χ2v) is 8.78. The van der Waals surface area contributed by atoms with E-state index in [9.17, 15) is 0 Å². The van der Waals surface area contributed by atoms with E-state index in [0.717, 1.165) is 23.9 Å². The highest BCUT2D eigenvalue weighted by Gasteiger charge is 2.40. The quantitative estimate of drug-likeness (QED) is 0.794.